The standard InChI is InChI=1S/7CN.Fe.Na/c7*1-2;;/q7*-1;+2;+1. The van der Waals surface area contributed by atoms with Gasteiger partial charge in [0.05, 0.1) is 0 Å². The Morgan fingerprint density at radius 3 is 0.312 bits per heavy atom. The summed E-state index contributed by atoms with van der Waals surface area (Å²) >= 11 is 0. The predicted molar refractivity (Wildman–Crippen MR) is 34.8 cm³/mol. The van der Waals surface area contributed by atoms with E-state index in [1.807, 2.05) is 0 Å². The Morgan fingerprint density at radius 2 is 0.312 bits per heavy atom. The van der Waals surface area contributed by atoms with Crippen LogP contribution in [0, 0.1) is 82.8 Å². The van der Waals surface area contributed by atoms with Gasteiger partial charge in [0.15, 0.2) is 0 Å². The van der Waals surface area contributed by atoms with Gasteiger partial charge in [0, 0.05) is 0 Å². The number of hydrogen-bond donors (Lipinski definition) is 0. The first-order valence-electron chi connectivity index (χ1n) is 1.57. The van der Waals surface area contributed by atoms with E-state index in [0.29, 0.717) is 0 Å². The molecule has 0 atom stereocenters. The van der Waals surface area contributed by atoms with Crippen molar-refractivity contribution in [2.24, 2.45) is 0 Å². The third kappa shape index (κ3) is 341. The van der Waals surface area contributed by atoms with Crippen LogP contribution < -0.4 is 29.6 Å². The second kappa shape index (κ2) is 440. The van der Waals surface area contributed by atoms with E-state index in [4.69, 9.17) is 82.8 Å². The van der Waals surface area contributed by atoms with E-state index in [0.717, 1.165) is 0 Å². The minimum absolute atomic E-state index is 0. The summed E-state index contributed by atoms with van der Waals surface area (Å²) in [6, 6.07) is 0. The van der Waals surface area contributed by atoms with Crippen LogP contribution in [0.1, 0.15) is 0 Å². The third-order valence-electron chi connectivity index (χ3n) is 0. The van der Waals surface area contributed by atoms with Crippen molar-refractivity contribution in [1.29, 1.82) is 36.8 Å². The van der Waals surface area contributed by atoms with E-state index >= 15 is 0 Å². The molecule has 0 saturated carbocycles. The van der Waals surface area contributed by atoms with E-state index in [9.17, 15) is 0 Å². The smallest absolute Gasteiger partial charge is 0.512 e. The van der Waals surface area contributed by atoms with Gasteiger partial charge in [-0.25, -0.2) is 0 Å². The van der Waals surface area contributed by atoms with Crippen LogP contribution >= 0.6 is 0 Å². The summed E-state index contributed by atoms with van der Waals surface area (Å²) in [5.74, 6) is 0. The summed E-state index contributed by atoms with van der Waals surface area (Å²) in [4.78, 5) is 0. The molecular formula is C7FeN7Na-4. The molecule has 0 amide bonds. The molecule has 0 saturated heterocycles. The van der Waals surface area contributed by atoms with Crippen molar-refractivity contribution < 1.29 is 46.6 Å². The maximum atomic E-state index is 6.25. The molecule has 7 nitrogen and oxygen atoms in total. The average Bonchev–Trinajstić information content (AvgIpc) is 2.45. The van der Waals surface area contributed by atoms with Crippen LogP contribution in [-0.2, 0) is 17.1 Å². The zero-order valence-electron chi connectivity index (χ0n) is 7.98. The number of nitrogens with zero attached hydrogens (tertiary/aromatic N) is 7. The maximum Gasteiger partial charge on any atom is 2.00 e. The molecule has 0 rings (SSSR count). The van der Waals surface area contributed by atoms with E-state index in [2.05, 4.69) is 0 Å². The van der Waals surface area contributed by atoms with Crippen molar-refractivity contribution in [3.63, 3.8) is 0 Å². The van der Waals surface area contributed by atoms with Crippen LogP contribution in [0.15, 0.2) is 0 Å². The molecule has 16 heavy (non-hydrogen) atoms. The molecule has 0 heterocycles. The van der Waals surface area contributed by atoms with Gasteiger partial charge in [0.2, 0.25) is 0 Å². The summed E-state index contributed by atoms with van der Waals surface area (Å²) in [5.41, 5.74) is 0. The number of hydrogen-bond acceptors (Lipinski definition) is 7. The van der Waals surface area contributed by atoms with E-state index < -0.39 is 0 Å². The van der Waals surface area contributed by atoms with Crippen LogP contribution in [0.4, 0.5) is 0 Å². The van der Waals surface area contributed by atoms with Crippen LogP contribution in [0.2, 0.25) is 0 Å². The van der Waals surface area contributed by atoms with Crippen molar-refractivity contribution in [1.82, 2.24) is 0 Å². The molecule has 0 aromatic heterocycles. The van der Waals surface area contributed by atoms with Crippen molar-refractivity contribution in [3.05, 3.63) is 46.0 Å². The summed E-state index contributed by atoms with van der Waals surface area (Å²) in [6.07, 6.45) is 0. The Labute approximate surface area is 129 Å². The minimum atomic E-state index is 0. The SMILES string of the molecule is [C-]#N.[C-]#N.[C-]#N.[C-]#N.[C-]#N.[C-]#N.[C-]#N.[Fe+2].[Na+]. The monoisotopic (exact) mass is 261 g/mol. The fraction of sp³-hybridized carbons (Fsp3) is 0. The molecule has 0 N–H and O–H groups in total. The minimum Gasteiger partial charge on any atom is -0.512 e. The Bertz CT molecular complexity index is 117. The van der Waals surface area contributed by atoms with Crippen molar-refractivity contribution in [2.45, 2.75) is 0 Å². The normalized spacial score (nSPS) is 0.875. The van der Waals surface area contributed by atoms with Gasteiger partial charge in [0.25, 0.3) is 0 Å². The second-order valence-electron chi connectivity index (χ2n) is 0. The first-order chi connectivity index (χ1) is 7.00. The number of rotatable bonds is 0. The Kier molecular flexibility index (Phi) is 2620. The Morgan fingerprint density at radius 1 is 0.312 bits per heavy atom. The molecule has 0 aliphatic heterocycles. The summed E-state index contributed by atoms with van der Waals surface area (Å²) in [6.45, 7) is 33.2. The van der Waals surface area contributed by atoms with Crippen LogP contribution in [0.3, 0.4) is 0 Å². The first kappa shape index (κ1) is 95.5. The fourth-order valence-electron chi connectivity index (χ4n) is 0. The molecular weight excluding hydrogens is 261 g/mol. The van der Waals surface area contributed by atoms with Gasteiger partial charge >= 0.3 is 46.6 Å². The van der Waals surface area contributed by atoms with Crippen molar-refractivity contribution in [2.75, 3.05) is 0 Å². The zero-order valence-corrected chi connectivity index (χ0v) is 11.1. The molecule has 0 bridgehead atoms. The van der Waals surface area contributed by atoms with Crippen LogP contribution in [-0.4, -0.2) is 0 Å². The van der Waals surface area contributed by atoms with Gasteiger partial charge in [-0.05, 0) is 0 Å². The average molecular weight is 261 g/mol. The van der Waals surface area contributed by atoms with Crippen molar-refractivity contribution >= 4 is 0 Å². The van der Waals surface area contributed by atoms with E-state index in [-0.39, 0.29) is 46.6 Å². The topological polar surface area (TPSA) is 167 Å². The molecule has 0 aliphatic rings. The molecule has 0 aromatic carbocycles. The maximum absolute atomic E-state index is 6.25. The first-order valence-corrected chi connectivity index (χ1v) is 1.57. The quantitative estimate of drug-likeness (QED) is 0.348. The Hall–Kier alpha value is -2.05. The summed E-state index contributed by atoms with van der Waals surface area (Å²) < 4.78 is 0. The molecule has 0 unspecified atom stereocenters. The van der Waals surface area contributed by atoms with Gasteiger partial charge in [-0.2, -0.15) is 0 Å². The molecule has 0 radical (unpaired) electrons. The molecule has 0 aliphatic carbocycles. The van der Waals surface area contributed by atoms with Gasteiger partial charge < -0.3 is 82.8 Å². The fourth-order valence-corrected chi connectivity index (χ4v) is 0. The molecule has 0 fully saturated rings. The molecule has 0 spiro atoms. The van der Waals surface area contributed by atoms with Crippen molar-refractivity contribution in [3.8, 4) is 0 Å². The van der Waals surface area contributed by atoms with Gasteiger partial charge in [-0.1, -0.05) is 0 Å². The second-order valence-corrected chi connectivity index (χ2v) is 0. The van der Waals surface area contributed by atoms with Crippen LogP contribution in [0.25, 0.3) is 0 Å². The zero-order chi connectivity index (χ0) is 14.0. The summed E-state index contributed by atoms with van der Waals surface area (Å²) in [5, 5.41) is 43.8. The van der Waals surface area contributed by atoms with E-state index in [1.54, 1.807) is 0 Å². The van der Waals surface area contributed by atoms with E-state index in [1.165, 1.54) is 0 Å². The predicted octanol–water partition coefficient (Wildman–Crippen LogP) is -2.32. The summed E-state index contributed by atoms with van der Waals surface area (Å²) in [7, 11) is 0. The van der Waals surface area contributed by atoms with Gasteiger partial charge in [-0.3, -0.25) is 0 Å². The van der Waals surface area contributed by atoms with Gasteiger partial charge in [0.1, 0.15) is 0 Å². The van der Waals surface area contributed by atoms with Gasteiger partial charge in [-0.15, -0.1) is 0 Å². The molecule has 9 heteroatoms. The third-order valence-corrected chi connectivity index (χ3v) is 0. The largest absolute Gasteiger partial charge is 2.00 e. The molecule has 76 valence electrons. The molecule has 0 aromatic rings. The van der Waals surface area contributed by atoms with Crippen LogP contribution in [0.5, 0.6) is 0 Å². The Balaban J connectivity index is -0.00000000500.